The Hall–Kier alpha value is -1.55. The van der Waals surface area contributed by atoms with Crippen LogP contribution in [0.2, 0.25) is 0 Å². The molecule has 1 aromatic rings. The average Bonchev–Trinajstić information content (AvgIpc) is 2.44. The van der Waals surface area contributed by atoms with E-state index in [2.05, 4.69) is 36.2 Å². The molecule has 0 saturated carbocycles. The molecule has 0 saturated heterocycles. The fraction of sp³-hybridized carbons (Fsp3) is 0.562. The highest BCUT2D eigenvalue weighted by molar-refractivity contribution is 5.78. The van der Waals surface area contributed by atoms with Crippen molar-refractivity contribution in [1.82, 2.24) is 5.32 Å². The molecule has 1 unspecified atom stereocenters. The number of nitrogens with zero attached hydrogens (tertiary/aromatic N) is 1. The minimum Gasteiger partial charge on any atom is -0.480 e. The number of carboxylic acid groups (broad SMARTS) is 1. The van der Waals surface area contributed by atoms with Crippen molar-refractivity contribution in [2.45, 2.75) is 39.2 Å². The van der Waals surface area contributed by atoms with Gasteiger partial charge in [0.2, 0.25) is 0 Å². The third kappa shape index (κ3) is 3.97. The number of rotatable bonds is 8. The van der Waals surface area contributed by atoms with Crippen molar-refractivity contribution >= 4 is 11.7 Å². The van der Waals surface area contributed by atoms with E-state index < -0.39 is 11.5 Å². The smallest absolute Gasteiger partial charge is 0.323 e. The maximum absolute atomic E-state index is 11.2. The van der Waals surface area contributed by atoms with Crippen LogP contribution >= 0.6 is 0 Å². The van der Waals surface area contributed by atoms with E-state index in [0.29, 0.717) is 6.42 Å². The summed E-state index contributed by atoms with van der Waals surface area (Å²) in [6, 6.07) is 8.30. The summed E-state index contributed by atoms with van der Waals surface area (Å²) in [6.07, 6.45) is 1.45. The first-order valence-corrected chi connectivity index (χ1v) is 7.17. The van der Waals surface area contributed by atoms with E-state index in [1.165, 1.54) is 11.3 Å². The van der Waals surface area contributed by atoms with Crippen molar-refractivity contribution in [2.75, 3.05) is 25.0 Å². The lowest BCUT2D eigenvalue weighted by Crippen LogP contribution is -2.47. The lowest BCUT2D eigenvalue weighted by molar-refractivity contribution is -0.144. The number of hydrogen-bond donors (Lipinski definition) is 2. The highest BCUT2D eigenvalue weighted by Gasteiger charge is 2.30. The summed E-state index contributed by atoms with van der Waals surface area (Å²) in [6.45, 7) is 7.76. The van der Waals surface area contributed by atoms with Crippen LogP contribution in [0.3, 0.4) is 0 Å². The van der Waals surface area contributed by atoms with E-state index in [9.17, 15) is 9.90 Å². The van der Waals surface area contributed by atoms with Crippen molar-refractivity contribution < 1.29 is 9.90 Å². The summed E-state index contributed by atoms with van der Waals surface area (Å²) in [5, 5.41) is 12.1. The van der Waals surface area contributed by atoms with Crippen molar-refractivity contribution in [2.24, 2.45) is 0 Å². The largest absolute Gasteiger partial charge is 0.480 e. The Morgan fingerprint density at radius 2 is 2.05 bits per heavy atom. The minimum absolute atomic E-state index is 0.612. The predicted molar refractivity (Wildman–Crippen MR) is 83.4 cm³/mol. The van der Waals surface area contributed by atoms with Crippen LogP contribution in [-0.2, 0) is 4.79 Å². The van der Waals surface area contributed by atoms with Gasteiger partial charge in [-0.2, -0.15) is 0 Å². The number of nitrogens with one attached hydrogen (secondary N) is 1. The zero-order chi connectivity index (χ0) is 15.2. The van der Waals surface area contributed by atoms with Crippen molar-refractivity contribution in [1.29, 1.82) is 0 Å². The number of carbonyl (C=O) groups is 1. The zero-order valence-electron chi connectivity index (χ0n) is 12.9. The lowest BCUT2D eigenvalue weighted by atomic mass is 9.96. The van der Waals surface area contributed by atoms with Gasteiger partial charge in [-0.15, -0.1) is 0 Å². The summed E-state index contributed by atoms with van der Waals surface area (Å²) in [7, 11) is 1.70. The van der Waals surface area contributed by atoms with Crippen LogP contribution in [-0.4, -0.2) is 36.8 Å². The second-order valence-electron chi connectivity index (χ2n) is 5.36. The quantitative estimate of drug-likeness (QED) is 0.767. The van der Waals surface area contributed by atoms with E-state index in [0.717, 1.165) is 19.5 Å². The molecule has 0 aliphatic carbocycles. The van der Waals surface area contributed by atoms with Gasteiger partial charge in [0.05, 0.1) is 0 Å². The molecule has 0 amide bonds. The first kappa shape index (κ1) is 16.5. The zero-order valence-corrected chi connectivity index (χ0v) is 12.9. The van der Waals surface area contributed by atoms with Gasteiger partial charge in [-0.1, -0.05) is 18.2 Å². The average molecular weight is 278 g/mol. The molecule has 0 aliphatic rings. The predicted octanol–water partition coefficient (Wildman–Crippen LogP) is 2.66. The number of aryl methyl sites for hydroxylation is 1. The van der Waals surface area contributed by atoms with Crippen LogP contribution in [0.5, 0.6) is 0 Å². The SMILES string of the molecule is CCN(CCCC(C)(NC)C(=O)O)c1ccccc1C. The highest BCUT2D eigenvalue weighted by Crippen LogP contribution is 2.20. The van der Waals surface area contributed by atoms with E-state index >= 15 is 0 Å². The number of anilines is 1. The summed E-state index contributed by atoms with van der Waals surface area (Å²) >= 11 is 0. The monoisotopic (exact) mass is 278 g/mol. The van der Waals surface area contributed by atoms with Gasteiger partial charge in [-0.25, -0.2) is 0 Å². The molecule has 0 bridgehead atoms. The van der Waals surface area contributed by atoms with Crippen LogP contribution in [0.15, 0.2) is 24.3 Å². The first-order chi connectivity index (χ1) is 9.44. The number of carboxylic acids is 1. The molecular formula is C16H26N2O2. The molecule has 1 rings (SSSR count). The van der Waals surface area contributed by atoms with Crippen LogP contribution < -0.4 is 10.2 Å². The molecule has 4 nitrogen and oxygen atoms in total. The molecule has 2 N–H and O–H groups in total. The summed E-state index contributed by atoms with van der Waals surface area (Å²) in [4.78, 5) is 13.5. The molecule has 0 fully saturated rings. The third-order valence-electron chi connectivity index (χ3n) is 3.97. The van der Waals surface area contributed by atoms with Gasteiger partial charge in [-0.3, -0.25) is 4.79 Å². The van der Waals surface area contributed by atoms with Crippen LogP contribution in [0, 0.1) is 6.92 Å². The number of aliphatic carboxylic acids is 1. The number of benzene rings is 1. The molecule has 1 atom stereocenters. The van der Waals surface area contributed by atoms with Crippen LogP contribution in [0.25, 0.3) is 0 Å². The fourth-order valence-corrected chi connectivity index (χ4v) is 2.33. The van der Waals surface area contributed by atoms with Crippen molar-refractivity contribution in [3.8, 4) is 0 Å². The summed E-state index contributed by atoms with van der Waals surface area (Å²) < 4.78 is 0. The van der Waals surface area contributed by atoms with Gasteiger partial charge in [0.15, 0.2) is 0 Å². The maximum Gasteiger partial charge on any atom is 0.323 e. The molecule has 0 spiro atoms. The molecule has 0 heterocycles. The minimum atomic E-state index is -0.842. The normalized spacial score (nSPS) is 13.8. The Morgan fingerprint density at radius 1 is 1.40 bits per heavy atom. The van der Waals surface area contributed by atoms with Gasteiger partial charge < -0.3 is 15.3 Å². The van der Waals surface area contributed by atoms with Gasteiger partial charge in [0.1, 0.15) is 5.54 Å². The molecular weight excluding hydrogens is 252 g/mol. The Labute approximate surface area is 121 Å². The van der Waals surface area contributed by atoms with E-state index in [1.54, 1.807) is 14.0 Å². The standard InChI is InChI=1S/C16H26N2O2/c1-5-18(14-10-7-6-9-13(14)2)12-8-11-16(3,17-4)15(19)20/h6-7,9-10,17H,5,8,11-12H2,1-4H3,(H,19,20). The van der Waals surface area contributed by atoms with Gasteiger partial charge in [-0.05, 0) is 52.3 Å². The Morgan fingerprint density at radius 3 is 2.55 bits per heavy atom. The van der Waals surface area contributed by atoms with E-state index in [-0.39, 0.29) is 0 Å². The molecule has 1 aromatic carbocycles. The Kier molecular flexibility index (Phi) is 6.02. The van der Waals surface area contributed by atoms with Gasteiger partial charge in [0, 0.05) is 18.8 Å². The Balaban J connectivity index is 2.63. The molecule has 0 aromatic heterocycles. The molecule has 4 heteroatoms. The van der Waals surface area contributed by atoms with Crippen LogP contribution in [0.4, 0.5) is 5.69 Å². The van der Waals surface area contributed by atoms with Crippen molar-refractivity contribution in [3.05, 3.63) is 29.8 Å². The van der Waals surface area contributed by atoms with Gasteiger partial charge in [0.25, 0.3) is 0 Å². The number of hydrogen-bond acceptors (Lipinski definition) is 3. The summed E-state index contributed by atoms with van der Waals surface area (Å²) in [5.74, 6) is -0.793. The molecule has 112 valence electrons. The van der Waals surface area contributed by atoms with Gasteiger partial charge >= 0.3 is 5.97 Å². The number of para-hydroxylation sites is 1. The highest BCUT2D eigenvalue weighted by atomic mass is 16.4. The topological polar surface area (TPSA) is 52.6 Å². The Bertz CT molecular complexity index is 448. The van der Waals surface area contributed by atoms with E-state index in [1.807, 2.05) is 12.1 Å². The van der Waals surface area contributed by atoms with E-state index in [4.69, 9.17) is 0 Å². The second-order valence-corrected chi connectivity index (χ2v) is 5.36. The van der Waals surface area contributed by atoms with Crippen LogP contribution in [0.1, 0.15) is 32.3 Å². The van der Waals surface area contributed by atoms with Crippen molar-refractivity contribution in [3.63, 3.8) is 0 Å². The molecule has 20 heavy (non-hydrogen) atoms. The fourth-order valence-electron chi connectivity index (χ4n) is 2.33. The first-order valence-electron chi connectivity index (χ1n) is 7.17. The lowest BCUT2D eigenvalue weighted by Gasteiger charge is -2.28. The second kappa shape index (κ2) is 7.29. The third-order valence-corrected chi connectivity index (χ3v) is 3.97. The number of likely N-dealkylation sites (N-methyl/N-ethyl adjacent to an activating group) is 1. The molecule has 0 radical (unpaired) electrons. The maximum atomic E-state index is 11.2. The molecule has 0 aliphatic heterocycles. The summed E-state index contributed by atoms with van der Waals surface area (Å²) in [5.41, 5.74) is 1.64.